The van der Waals surface area contributed by atoms with Crippen molar-refractivity contribution in [3.05, 3.63) is 35.4 Å². The zero-order chi connectivity index (χ0) is 13.2. The number of primary amides is 1. The quantitative estimate of drug-likeness (QED) is 0.809. The van der Waals surface area contributed by atoms with Gasteiger partial charge in [-0.3, -0.25) is 4.79 Å². The molecule has 0 heterocycles. The van der Waals surface area contributed by atoms with E-state index in [1.165, 1.54) is 12.8 Å². The molecule has 0 aromatic heterocycles. The van der Waals surface area contributed by atoms with Gasteiger partial charge < -0.3 is 11.1 Å². The van der Waals surface area contributed by atoms with Crippen LogP contribution >= 0.6 is 0 Å². The van der Waals surface area contributed by atoms with Crippen molar-refractivity contribution >= 4 is 5.91 Å². The molecule has 2 rings (SSSR count). The van der Waals surface area contributed by atoms with Gasteiger partial charge in [-0.1, -0.05) is 32.0 Å². The van der Waals surface area contributed by atoms with Crippen LogP contribution in [0, 0.1) is 11.3 Å². The highest BCUT2D eigenvalue weighted by atomic mass is 16.1. The first kappa shape index (κ1) is 13.1. The minimum Gasteiger partial charge on any atom is -0.366 e. The summed E-state index contributed by atoms with van der Waals surface area (Å²) in [7, 11) is 0. The third-order valence-corrected chi connectivity index (χ3v) is 4.19. The van der Waals surface area contributed by atoms with Crippen molar-refractivity contribution in [2.45, 2.75) is 33.2 Å². The summed E-state index contributed by atoms with van der Waals surface area (Å²) < 4.78 is 0. The van der Waals surface area contributed by atoms with Crippen LogP contribution in [0.15, 0.2) is 24.3 Å². The van der Waals surface area contributed by atoms with Crippen LogP contribution in [0.3, 0.4) is 0 Å². The summed E-state index contributed by atoms with van der Waals surface area (Å²) in [5.41, 5.74) is 7.47. The molecule has 0 radical (unpaired) electrons. The van der Waals surface area contributed by atoms with E-state index in [9.17, 15) is 4.79 Å². The van der Waals surface area contributed by atoms with Gasteiger partial charge >= 0.3 is 0 Å². The molecule has 98 valence electrons. The Kier molecular flexibility index (Phi) is 3.71. The summed E-state index contributed by atoms with van der Waals surface area (Å²) >= 11 is 0. The Morgan fingerprint density at radius 3 is 2.61 bits per heavy atom. The van der Waals surface area contributed by atoms with Crippen molar-refractivity contribution in [1.29, 1.82) is 0 Å². The lowest BCUT2D eigenvalue weighted by Crippen LogP contribution is -2.28. The van der Waals surface area contributed by atoms with Crippen molar-refractivity contribution < 1.29 is 4.79 Å². The normalized spacial score (nSPS) is 16.8. The van der Waals surface area contributed by atoms with Crippen LogP contribution in [0.4, 0.5) is 0 Å². The van der Waals surface area contributed by atoms with E-state index < -0.39 is 0 Å². The fourth-order valence-corrected chi connectivity index (χ4v) is 2.48. The molecule has 3 nitrogen and oxygen atoms in total. The van der Waals surface area contributed by atoms with Crippen molar-refractivity contribution in [3.8, 4) is 0 Å². The summed E-state index contributed by atoms with van der Waals surface area (Å²) in [5.74, 6) is 0.369. The molecule has 0 saturated heterocycles. The van der Waals surface area contributed by atoms with E-state index in [0.29, 0.717) is 17.5 Å². The second-order valence-electron chi connectivity index (χ2n) is 5.64. The zero-order valence-corrected chi connectivity index (χ0v) is 11.2. The van der Waals surface area contributed by atoms with Gasteiger partial charge in [-0.25, -0.2) is 0 Å². The molecule has 1 saturated carbocycles. The van der Waals surface area contributed by atoms with E-state index >= 15 is 0 Å². The minimum absolute atomic E-state index is 0.350. The van der Waals surface area contributed by atoms with Gasteiger partial charge in [0.2, 0.25) is 5.91 Å². The van der Waals surface area contributed by atoms with Crippen LogP contribution in [0.2, 0.25) is 0 Å². The molecular weight excluding hydrogens is 224 g/mol. The average molecular weight is 246 g/mol. The van der Waals surface area contributed by atoms with Gasteiger partial charge in [0.15, 0.2) is 0 Å². The van der Waals surface area contributed by atoms with Gasteiger partial charge in [0.1, 0.15) is 0 Å². The van der Waals surface area contributed by atoms with Gasteiger partial charge in [0, 0.05) is 18.7 Å². The van der Waals surface area contributed by atoms with Gasteiger partial charge in [0.25, 0.3) is 0 Å². The number of nitrogens with one attached hydrogen (secondary N) is 1. The first-order chi connectivity index (χ1) is 8.55. The molecule has 0 atom stereocenters. The van der Waals surface area contributed by atoms with E-state index in [4.69, 9.17) is 5.73 Å². The number of hydrogen-bond acceptors (Lipinski definition) is 2. The number of rotatable bonds is 6. The second-order valence-corrected chi connectivity index (χ2v) is 5.64. The van der Waals surface area contributed by atoms with Crippen molar-refractivity contribution in [1.82, 2.24) is 5.32 Å². The van der Waals surface area contributed by atoms with Crippen LogP contribution in [0.25, 0.3) is 0 Å². The monoisotopic (exact) mass is 246 g/mol. The molecule has 1 aromatic rings. The first-order valence-corrected chi connectivity index (χ1v) is 6.63. The number of amides is 1. The summed E-state index contributed by atoms with van der Waals surface area (Å²) in [6.07, 6.45) is 2.63. The maximum Gasteiger partial charge on any atom is 0.249 e. The highest BCUT2D eigenvalue weighted by Gasteiger charge is 2.44. The van der Waals surface area contributed by atoms with E-state index in [2.05, 4.69) is 19.2 Å². The lowest BCUT2D eigenvalue weighted by atomic mass is 9.92. The highest BCUT2D eigenvalue weighted by molar-refractivity contribution is 5.94. The van der Waals surface area contributed by atoms with E-state index in [0.717, 1.165) is 18.0 Å². The molecule has 0 bridgehead atoms. The highest BCUT2D eigenvalue weighted by Crippen LogP contribution is 2.51. The van der Waals surface area contributed by atoms with Gasteiger partial charge in [-0.05, 0) is 35.8 Å². The SMILES string of the molecule is CC(C)C1(CNCc2ccccc2C(N)=O)CC1. The second kappa shape index (κ2) is 5.11. The maximum absolute atomic E-state index is 11.3. The van der Waals surface area contributed by atoms with Crippen LogP contribution in [-0.4, -0.2) is 12.5 Å². The van der Waals surface area contributed by atoms with E-state index in [-0.39, 0.29) is 5.91 Å². The Hall–Kier alpha value is -1.35. The van der Waals surface area contributed by atoms with Crippen molar-refractivity contribution in [3.63, 3.8) is 0 Å². The van der Waals surface area contributed by atoms with Crippen molar-refractivity contribution in [2.24, 2.45) is 17.1 Å². The Balaban J connectivity index is 1.93. The topological polar surface area (TPSA) is 55.1 Å². The lowest BCUT2D eigenvalue weighted by Gasteiger charge is -2.20. The Morgan fingerprint density at radius 1 is 1.39 bits per heavy atom. The van der Waals surface area contributed by atoms with E-state index in [1.807, 2.05) is 18.2 Å². The molecule has 1 fully saturated rings. The molecule has 0 unspecified atom stereocenters. The lowest BCUT2D eigenvalue weighted by molar-refractivity contribution is 0.0999. The molecule has 1 aliphatic rings. The molecule has 1 aliphatic carbocycles. The number of benzene rings is 1. The fraction of sp³-hybridized carbons (Fsp3) is 0.533. The van der Waals surface area contributed by atoms with Crippen LogP contribution in [0.5, 0.6) is 0 Å². The van der Waals surface area contributed by atoms with Crippen LogP contribution < -0.4 is 11.1 Å². The Bertz CT molecular complexity index is 436. The van der Waals surface area contributed by atoms with Gasteiger partial charge in [-0.15, -0.1) is 0 Å². The molecular formula is C15H22N2O. The van der Waals surface area contributed by atoms with Crippen LogP contribution in [-0.2, 0) is 6.54 Å². The molecule has 0 spiro atoms. The van der Waals surface area contributed by atoms with Crippen molar-refractivity contribution in [2.75, 3.05) is 6.54 Å². The summed E-state index contributed by atoms with van der Waals surface area (Å²) in [6, 6.07) is 7.54. The third kappa shape index (κ3) is 2.72. The zero-order valence-electron chi connectivity index (χ0n) is 11.2. The Labute approximate surface area is 109 Å². The maximum atomic E-state index is 11.3. The molecule has 0 aliphatic heterocycles. The average Bonchev–Trinajstić information content (AvgIpc) is 3.10. The molecule has 3 N–H and O–H groups in total. The number of carbonyl (C=O) groups excluding carboxylic acids is 1. The standard InChI is InChI=1S/C15H22N2O/c1-11(2)15(7-8-15)10-17-9-12-5-3-4-6-13(12)14(16)18/h3-6,11,17H,7-10H2,1-2H3,(H2,16,18). The molecule has 18 heavy (non-hydrogen) atoms. The Morgan fingerprint density at radius 2 is 2.06 bits per heavy atom. The van der Waals surface area contributed by atoms with Gasteiger partial charge in [0.05, 0.1) is 0 Å². The largest absolute Gasteiger partial charge is 0.366 e. The summed E-state index contributed by atoms with van der Waals surface area (Å²) in [4.78, 5) is 11.3. The molecule has 3 heteroatoms. The number of carbonyl (C=O) groups is 1. The summed E-state index contributed by atoms with van der Waals surface area (Å²) in [5, 5.41) is 3.47. The van der Waals surface area contributed by atoms with E-state index in [1.54, 1.807) is 6.07 Å². The minimum atomic E-state index is -0.350. The number of nitrogens with two attached hydrogens (primary N) is 1. The first-order valence-electron chi connectivity index (χ1n) is 6.63. The summed E-state index contributed by atoms with van der Waals surface area (Å²) in [6.45, 7) is 6.31. The number of hydrogen-bond donors (Lipinski definition) is 2. The smallest absolute Gasteiger partial charge is 0.249 e. The molecule has 1 amide bonds. The van der Waals surface area contributed by atoms with Crippen LogP contribution in [0.1, 0.15) is 42.6 Å². The van der Waals surface area contributed by atoms with Gasteiger partial charge in [-0.2, -0.15) is 0 Å². The predicted molar refractivity (Wildman–Crippen MR) is 73.2 cm³/mol. The molecule has 1 aromatic carbocycles. The third-order valence-electron chi connectivity index (χ3n) is 4.19. The fourth-order valence-electron chi connectivity index (χ4n) is 2.48. The predicted octanol–water partition coefficient (Wildman–Crippen LogP) is 2.31.